The fraction of sp³-hybridized carbons (Fsp3) is 0.882. The van der Waals surface area contributed by atoms with E-state index in [9.17, 15) is 9.59 Å². The molecule has 2 amide bonds. The van der Waals surface area contributed by atoms with Crippen LogP contribution in [-0.2, 0) is 9.59 Å². The van der Waals surface area contributed by atoms with Crippen LogP contribution in [0, 0.1) is 11.8 Å². The van der Waals surface area contributed by atoms with Gasteiger partial charge in [0.25, 0.3) is 0 Å². The second-order valence-electron chi connectivity index (χ2n) is 7.71. The molecule has 2 N–H and O–H groups in total. The number of rotatable bonds is 3. The van der Waals surface area contributed by atoms with Crippen LogP contribution < -0.4 is 10.6 Å². The average molecular weight is 342 g/mol. The zero-order valence-electron chi connectivity index (χ0n) is 13.6. The topological polar surface area (TPSA) is 61.4 Å². The van der Waals surface area contributed by atoms with Gasteiger partial charge in [-0.25, -0.2) is 0 Å². The molecule has 4 aliphatic rings. The van der Waals surface area contributed by atoms with Crippen LogP contribution >= 0.6 is 12.4 Å². The Balaban J connectivity index is 0.00000156. The van der Waals surface area contributed by atoms with Crippen LogP contribution in [0.4, 0.5) is 0 Å². The molecule has 1 aliphatic carbocycles. The van der Waals surface area contributed by atoms with Gasteiger partial charge in [-0.1, -0.05) is 0 Å². The molecule has 3 unspecified atom stereocenters. The summed E-state index contributed by atoms with van der Waals surface area (Å²) in [6, 6.07) is 1.53. The Morgan fingerprint density at radius 2 is 1.65 bits per heavy atom. The van der Waals surface area contributed by atoms with Crippen molar-refractivity contribution in [3.05, 3.63) is 0 Å². The van der Waals surface area contributed by atoms with E-state index < -0.39 is 0 Å². The molecular weight excluding hydrogens is 314 g/mol. The smallest absolute Gasteiger partial charge is 0.225 e. The Bertz CT molecular complexity index is 457. The molecule has 0 aromatic rings. The normalized spacial score (nSPS) is 36.3. The summed E-state index contributed by atoms with van der Waals surface area (Å²) >= 11 is 0. The summed E-state index contributed by atoms with van der Waals surface area (Å²) in [4.78, 5) is 26.7. The van der Waals surface area contributed by atoms with Gasteiger partial charge in [-0.05, 0) is 51.4 Å². The molecule has 1 saturated carbocycles. The standard InChI is InChI=1S/C17H27N3O2.ClH/c21-16(19-15-8-13-5-6-14(9-15)18-13)12-2-1-7-20(10-12)17(22)11-3-4-11;/h11-15,18H,1-10H2,(H,19,21);1H. The van der Waals surface area contributed by atoms with Crippen LogP contribution in [0.5, 0.6) is 0 Å². The van der Waals surface area contributed by atoms with Crippen molar-refractivity contribution in [2.24, 2.45) is 11.8 Å². The molecule has 4 fully saturated rings. The van der Waals surface area contributed by atoms with E-state index in [1.54, 1.807) is 0 Å². The number of amides is 2. The number of carbonyl (C=O) groups is 2. The van der Waals surface area contributed by atoms with Gasteiger partial charge in [-0.3, -0.25) is 9.59 Å². The molecule has 0 aromatic heterocycles. The highest BCUT2D eigenvalue weighted by Gasteiger charge is 2.38. The maximum absolute atomic E-state index is 12.6. The molecule has 3 saturated heterocycles. The first-order chi connectivity index (χ1) is 10.7. The SMILES string of the molecule is Cl.O=C(NC1CC2CCC(C1)N2)C1CCCN(C(=O)C2CC2)C1. The number of piperidine rings is 2. The van der Waals surface area contributed by atoms with Crippen LogP contribution in [0.15, 0.2) is 0 Å². The van der Waals surface area contributed by atoms with Crippen LogP contribution in [-0.4, -0.2) is 47.9 Å². The fourth-order valence-electron chi connectivity index (χ4n) is 4.47. The summed E-state index contributed by atoms with van der Waals surface area (Å²) in [7, 11) is 0. The lowest BCUT2D eigenvalue weighted by molar-refractivity contribution is -0.137. The van der Waals surface area contributed by atoms with Gasteiger partial charge in [-0.2, -0.15) is 0 Å². The van der Waals surface area contributed by atoms with Crippen LogP contribution in [0.1, 0.15) is 51.4 Å². The Morgan fingerprint density at radius 3 is 2.30 bits per heavy atom. The number of nitrogens with zero attached hydrogens (tertiary/aromatic N) is 1. The fourth-order valence-corrected chi connectivity index (χ4v) is 4.47. The molecule has 3 heterocycles. The van der Waals surface area contributed by atoms with E-state index in [1.165, 1.54) is 12.8 Å². The molecule has 130 valence electrons. The first-order valence-electron chi connectivity index (χ1n) is 9.04. The highest BCUT2D eigenvalue weighted by molar-refractivity contribution is 5.85. The minimum atomic E-state index is 0. The molecule has 2 bridgehead atoms. The van der Waals surface area contributed by atoms with Crippen LogP contribution in [0.3, 0.4) is 0 Å². The molecule has 6 heteroatoms. The Hall–Kier alpha value is -0.810. The zero-order valence-corrected chi connectivity index (χ0v) is 14.4. The highest BCUT2D eigenvalue weighted by atomic mass is 35.5. The van der Waals surface area contributed by atoms with Gasteiger partial charge in [0.05, 0.1) is 5.92 Å². The molecule has 0 aromatic carbocycles. The number of halogens is 1. The van der Waals surface area contributed by atoms with E-state index in [-0.39, 0.29) is 36.1 Å². The number of likely N-dealkylation sites (tertiary alicyclic amines) is 1. The van der Waals surface area contributed by atoms with Crippen molar-refractivity contribution in [2.75, 3.05) is 13.1 Å². The maximum atomic E-state index is 12.6. The minimum absolute atomic E-state index is 0. The summed E-state index contributed by atoms with van der Waals surface area (Å²) in [5, 5.41) is 6.89. The first kappa shape index (κ1) is 17.0. The second kappa shape index (κ2) is 6.98. The minimum Gasteiger partial charge on any atom is -0.353 e. The molecule has 4 rings (SSSR count). The van der Waals surface area contributed by atoms with Gasteiger partial charge in [0.1, 0.15) is 0 Å². The summed E-state index contributed by atoms with van der Waals surface area (Å²) in [5.74, 6) is 0.739. The predicted octanol–water partition coefficient (Wildman–Crippen LogP) is 1.46. The maximum Gasteiger partial charge on any atom is 0.225 e. The average Bonchev–Trinajstić information content (AvgIpc) is 3.32. The molecule has 23 heavy (non-hydrogen) atoms. The van der Waals surface area contributed by atoms with E-state index in [1.807, 2.05) is 4.90 Å². The molecule has 3 atom stereocenters. The second-order valence-corrected chi connectivity index (χ2v) is 7.71. The van der Waals surface area contributed by atoms with Gasteiger partial charge in [0.2, 0.25) is 11.8 Å². The summed E-state index contributed by atoms with van der Waals surface area (Å²) in [5.41, 5.74) is 0. The predicted molar refractivity (Wildman–Crippen MR) is 90.4 cm³/mol. The van der Waals surface area contributed by atoms with Gasteiger partial charge < -0.3 is 15.5 Å². The Labute approximate surface area is 144 Å². The van der Waals surface area contributed by atoms with Gasteiger partial charge in [0.15, 0.2) is 0 Å². The lowest BCUT2D eigenvalue weighted by Crippen LogP contribution is -2.52. The van der Waals surface area contributed by atoms with Gasteiger partial charge in [-0.15, -0.1) is 12.4 Å². The third kappa shape index (κ3) is 3.82. The first-order valence-corrected chi connectivity index (χ1v) is 9.04. The number of fused-ring (bicyclic) bond motifs is 2. The van der Waals surface area contributed by atoms with Crippen molar-refractivity contribution in [1.82, 2.24) is 15.5 Å². The molecular formula is C17H28ClN3O2. The molecule has 0 spiro atoms. The van der Waals surface area contributed by atoms with Crippen molar-refractivity contribution < 1.29 is 9.59 Å². The van der Waals surface area contributed by atoms with E-state index in [0.29, 0.717) is 24.7 Å². The van der Waals surface area contributed by atoms with Crippen LogP contribution in [0.25, 0.3) is 0 Å². The summed E-state index contributed by atoms with van der Waals surface area (Å²) in [6.45, 7) is 1.48. The lowest BCUT2D eigenvalue weighted by Gasteiger charge is -2.35. The molecule has 5 nitrogen and oxygen atoms in total. The van der Waals surface area contributed by atoms with Gasteiger partial charge in [0, 0.05) is 37.1 Å². The van der Waals surface area contributed by atoms with Crippen LogP contribution in [0.2, 0.25) is 0 Å². The van der Waals surface area contributed by atoms with E-state index in [2.05, 4.69) is 10.6 Å². The number of carbonyl (C=O) groups excluding carboxylic acids is 2. The highest BCUT2D eigenvalue weighted by Crippen LogP contribution is 2.33. The summed E-state index contributed by atoms with van der Waals surface area (Å²) in [6.07, 6.45) is 8.63. The van der Waals surface area contributed by atoms with Crippen molar-refractivity contribution in [3.8, 4) is 0 Å². The van der Waals surface area contributed by atoms with E-state index in [0.717, 1.165) is 45.1 Å². The third-order valence-electron chi connectivity index (χ3n) is 5.85. The molecule has 0 radical (unpaired) electrons. The largest absolute Gasteiger partial charge is 0.353 e. The lowest BCUT2D eigenvalue weighted by atomic mass is 9.94. The van der Waals surface area contributed by atoms with Crippen molar-refractivity contribution in [3.63, 3.8) is 0 Å². The number of nitrogens with one attached hydrogen (secondary N) is 2. The van der Waals surface area contributed by atoms with Crippen molar-refractivity contribution >= 4 is 24.2 Å². The Kier molecular flexibility index (Phi) is 5.16. The monoisotopic (exact) mass is 341 g/mol. The van der Waals surface area contributed by atoms with E-state index >= 15 is 0 Å². The summed E-state index contributed by atoms with van der Waals surface area (Å²) < 4.78 is 0. The molecule has 3 aliphatic heterocycles. The number of hydrogen-bond donors (Lipinski definition) is 2. The van der Waals surface area contributed by atoms with Gasteiger partial charge >= 0.3 is 0 Å². The van der Waals surface area contributed by atoms with Crippen molar-refractivity contribution in [2.45, 2.75) is 69.5 Å². The Morgan fingerprint density at radius 1 is 0.957 bits per heavy atom. The van der Waals surface area contributed by atoms with E-state index in [4.69, 9.17) is 0 Å². The third-order valence-corrected chi connectivity index (χ3v) is 5.85. The zero-order chi connectivity index (χ0) is 15.1. The quantitative estimate of drug-likeness (QED) is 0.817. The number of hydrogen-bond acceptors (Lipinski definition) is 3. The van der Waals surface area contributed by atoms with Crippen molar-refractivity contribution in [1.29, 1.82) is 0 Å².